The minimum atomic E-state index is -2.36. The molecule has 13 heavy (non-hydrogen) atoms. The first-order chi connectivity index (χ1) is 6.17. The van der Waals surface area contributed by atoms with Crippen molar-refractivity contribution in [3.05, 3.63) is 0 Å². The van der Waals surface area contributed by atoms with Gasteiger partial charge in [-0.15, -0.1) is 0 Å². The Kier molecular flexibility index (Phi) is 2.54. The highest BCUT2D eigenvalue weighted by Gasteiger charge is 2.37. The van der Waals surface area contributed by atoms with Crippen molar-refractivity contribution in [1.29, 1.82) is 0 Å². The molecule has 1 atom stereocenters. The lowest BCUT2D eigenvalue weighted by molar-refractivity contribution is -0.0512. The molecule has 0 unspecified atom stereocenters. The lowest BCUT2D eigenvalue weighted by Gasteiger charge is -2.31. The van der Waals surface area contributed by atoms with E-state index in [4.69, 9.17) is 0 Å². The van der Waals surface area contributed by atoms with Crippen molar-refractivity contribution in [2.24, 2.45) is 11.8 Å². The molecule has 1 saturated heterocycles. The minimum Gasteiger partial charge on any atom is -0.316 e. The van der Waals surface area contributed by atoms with E-state index in [2.05, 4.69) is 5.32 Å². The molecule has 2 rings (SSSR count). The zero-order valence-corrected chi connectivity index (χ0v) is 7.86. The van der Waals surface area contributed by atoms with Crippen molar-refractivity contribution in [3.63, 3.8) is 0 Å². The molecule has 0 spiro atoms. The molecule has 1 aliphatic heterocycles. The summed E-state index contributed by atoms with van der Waals surface area (Å²) in [6.07, 6.45) is 2.90. The molecule has 1 saturated carbocycles. The van der Waals surface area contributed by atoms with E-state index in [1.54, 1.807) is 0 Å². The molecule has 2 fully saturated rings. The van der Waals surface area contributed by atoms with Crippen LogP contribution in [-0.4, -0.2) is 19.0 Å². The molecule has 1 heterocycles. The van der Waals surface area contributed by atoms with Crippen LogP contribution in [-0.2, 0) is 0 Å². The number of alkyl halides is 2. The third-order valence-electron chi connectivity index (χ3n) is 3.53. The predicted octanol–water partition coefficient (Wildman–Crippen LogP) is 2.42. The maximum Gasteiger partial charge on any atom is 0.248 e. The van der Waals surface area contributed by atoms with Gasteiger partial charge < -0.3 is 5.32 Å². The van der Waals surface area contributed by atoms with Gasteiger partial charge in [-0.1, -0.05) is 0 Å². The van der Waals surface area contributed by atoms with Gasteiger partial charge in [0.05, 0.1) is 0 Å². The summed E-state index contributed by atoms with van der Waals surface area (Å²) in [4.78, 5) is 0. The van der Waals surface area contributed by atoms with Gasteiger partial charge in [0.25, 0.3) is 0 Å². The average Bonchev–Trinajstić information content (AvgIpc) is 2.56. The normalized spacial score (nSPS) is 35.1. The number of rotatable bonds is 1. The van der Waals surface area contributed by atoms with E-state index in [-0.39, 0.29) is 12.8 Å². The summed E-state index contributed by atoms with van der Waals surface area (Å²) in [5, 5.41) is 3.30. The Labute approximate surface area is 77.9 Å². The number of hydrogen-bond donors (Lipinski definition) is 1. The number of nitrogens with one attached hydrogen (secondary N) is 1. The Hall–Kier alpha value is -0.180. The van der Waals surface area contributed by atoms with Crippen molar-refractivity contribution in [3.8, 4) is 0 Å². The summed E-state index contributed by atoms with van der Waals surface area (Å²) >= 11 is 0. The zero-order valence-electron chi connectivity index (χ0n) is 7.86. The van der Waals surface area contributed by atoms with Gasteiger partial charge in [-0.25, -0.2) is 8.78 Å². The SMILES string of the molecule is FC1(F)CCC([C@@H]2CCNC2)CC1. The predicted molar refractivity (Wildman–Crippen MR) is 47.9 cm³/mol. The molecule has 0 radical (unpaired) electrons. The Morgan fingerprint density at radius 1 is 1.00 bits per heavy atom. The summed E-state index contributed by atoms with van der Waals surface area (Å²) in [5.41, 5.74) is 0. The molecule has 2 aliphatic rings. The van der Waals surface area contributed by atoms with E-state index in [0.29, 0.717) is 11.8 Å². The number of halogens is 2. The lowest BCUT2D eigenvalue weighted by atomic mass is 9.78. The molecule has 76 valence electrons. The van der Waals surface area contributed by atoms with Gasteiger partial charge in [0.1, 0.15) is 0 Å². The highest BCUT2D eigenvalue weighted by Crippen LogP contribution is 2.40. The summed E-state index contributed by atoms with van der Waals surface area (Å²) in [6.45, 7) is 2.13. The maximum absolute atomic E-state index is 12.8. The Morgan fingerprint density at radius 2 is 1.69 bits per heavy atom. The first-order valence-electron chi connectivity index (χ1n) is 5.26. The standard InChI is InChI=1S/C10H17F2N/c11-10(12)4-1-8(2-5-10)9-3-6-13-7-9/h8-9,13H,1-7H2/t9-/m1/s1. The first-order valence-corrected chi connectivity index (χ1v) is 5.26. The summed E-state index contributed by atoms with van der Waals surface area (Å²) < 4.78 is 25.7. The van der Waals surface area contributed by atoms with Crippen LogP contribution in [0, 0.1) is 11.8 Å². The van der Waals surface area contributed by atoms with E-state index in [9.17, 15) is 8.78 Å². The van der Waals surface area contributed by atoms with Gasteiger partial charge in [0.15, 0.2) is 0 Å². The molecule has 3 heteroatoms. The molecule has 1 nitrogen and oxygen atoms in total. The van der Waals surface area contributed by atoms with E-state index in [0.717, 1.165) is 25.9 Å². The summed E-state index contributed by atoms with van der Waals surface area (Å²) in [6, 6.07) is 0. The topological polar surface area (TPSA) is 12.0 Å². The van der Waals surface area contributed by atoms with Crippen molar-refractivity contribution in [1.82, 2.24) is 5.32 Å². The van der Waals surface area contributed by atoms with Gasteiger partial charge in [0, 0.05) is 12.8 Å². The monoisotopic (exact) mass is 189 g/mol. The van der Waals surface area contributed by atoms with Gasteiger partial charge in [-0.3, -0.25) is 0 Å². The van der Waals surface area contributed by atoms with Gasteiger partial charge in [0.2, 0.25) is 5.92 Å². The van der Waals surface area contributed by atoms with E-state index in [1.165, 1.54) is 6.42 Å². The second-order valence-corrected chi connectivity index (χ2v) is 4.45. The Morgan fingerprint density at radius 3 is 2.23 bits per heavy atom. The Bertz CT molecular complexity index is 166. The Balaban J connectivity index is 1.83. The number of hydrogen-bond acceptors (Lipinski definition) is 1. The molecule has 0 aromatic rings. The van der Waals surface area contributed by atoms with Crippen molar-refractivity contribution < 1.29 is 8.78 Å². The maximum atomic E-state index is 12.8. The molecule has 1 N–H and O–H groups in total. The lowest BCUT2D eigenvalue weighted by Crippen LogP contribution is -2.29. The largest absolute Gasteiger partial charge is 0.316 e. The molecule has 0 bridgehead atoms. The van der Waals surface area contributed by atoms with Crippen molar-refractivity contribution in [2.45, 2.75) is 38.0 Å². The first kappa shape index (κ1) is 9.38. The van der Waals surface area contributed by atoms with Crippen LogP contribution < -0.4 is 5.32 Å². The van der Waals surface area contributed by atoms with Crippen LogP contribution in [0.2, 0.25) is 0 Å². The van der Waals surface area contributed by atoms with Crippen LogP contribution in [0.15, 0.2) is 0 Å². The van der Waals surface area contributed by atoms with Crippen LogP contribution >= 0.6 is 0 Å². The van der Waals surface area contributed by atoms with E-state index < -0.39 is 5.92 Å². The fourth-order valence-electron chi connectivity index (χ4n) is 2.61. The van der Waals surface area contributed by atoms with Gasteiger partial charge in [-0.2, -0.15) is 0 Å². The zero-order chi connectivity index (χ0) is 9.31. The van der Waals surface area contributed by atoms with Gasteiger partial charge in [-0.05, 0) is 44.2 Å². The quantitative estimate of drug-likeness (QED) is 0.668. The van der Waals surface area contributed by atoms with Crippen LogP contribution in [0.25, 0.3) is 0 Å². The molecular formula is C10H17F2N. The second kappa shape index (κ2) is 3.52. The van der Waals surface area contributed by atoms with Crippen molar-refractivity contribution >= 4 is 0 Å². The molecular weight excluding hydrogens is 172 g/mol. The fourth-order valence-corrected chi connectivity index (χ4v) is 2.61. The van der Waals surface area contributed by atoms with Crippen molar-refractivity contribution in [2.75, 3.05) is 13.1 Å². The van der Waals surface area contributed by atoms with Crippen LogP contribution in [0.5, 0.6) is 0 Å². The highest BCUT2D eigenvalue weighted by molar-refractivity contribution is 4.84. The van der Waals surface area contributed by atoms with Gasteiger partial charge >= 0.3 is 0 Å². The van der Waals surface area contributed by atoms with Crippen LogP contribution in [0.3, 0.4) is 0 Å². The second-order valence-electron chi connectivity index (χ2n) is 4.45. The third kappa shape index (κ3) is 2.19. The van der Waals surface area contributed by atoms with E-state index >= 15 is 0 Å². The highest BCUT2D eigenvalue weighted by atomic mass is 19.3. The average molecular weight is 189 g/mol. The molecule has 1 aliphatic carbocycles. The molecule has 0 aromatic heterocycles. The smallest absolute Gasteiger partial charge is 0.248 e. The third-order valence-corrected chi connectivity index (χ3v) is 3.53. The summed E-state index contributed by atoms with van der Waals surface area (Å²) in [5.74, 6) is -1.12. The molecule has 0 aromatic carbocycles. The van der Waals surface area contributed by atoms with Crippen LogP contribution in [0.4, 0.5) is 8.78 Å². The fraction of sp³-hybridized carbons (Fsp3) is 1.00. The minimum absolute atomic E-state index is 0.119. The van der Waals surface area contributed by atoms with Crippen LogP contribution in [0.1, 0.15) is 32.1 Å². The molecule has 0 amide bonds. The van der Waals surface area contributed by atoms with E-state index in [1.807, 2.05) is 0 Å². The summed E-state index contributed by atoms with van der Waals surface area (Å²) in [7, 11) is 0.